The van der Waals surface area contributed by atoms with Gasteiger partial charge in [0.05, 0.1) is 25.8 Å². The van der Waals surface area contributed by atoms with Gasteiger partial charge in [0.2, 0.25) is 0 Å². The molecule has 37 heavy (non-hydrogen) atoms. The lowest BCUT2D eigenvalue weighted by atomic mass is 10.1. The van der Waals surface area contributed by atoms with Crippen LogP contribution in [0.2, 0.25) is 10.0 Å². The Morgan fingerprint density at radius 3 is 2.65 bits per heavy atom. The van der Waals surface area contributed by atoms with Crippen molar-refractivity contribution in [2.45, 2.75) is 0 Å². The normalized spacial score (nSPS) is 10.9. The highest BCUT2D eigenvalue weighted by Gasteiger charge is 2.19. The van der Waals surface area contributed by atoms with E-state index < -0.39 is 10.8 Å². The number of rotatable bonds is 5. The summed E-state index contributed by atoms with van der Waals surface area (Å²) in [5.41, 5.74) is 2.27. The number of fused-ring (bicyclic) bond motifs is 1. The molecule has 0 bridgehead atoms. The van der Waals surface area contributed by atoms with Crippen molar-refractivity contribution >= 4 is 79.4 Å². The van der Waals surface area contributed by atoms with Crippen molar-refractivity contribution in [1.82, 2.24) is 10.3 Å². The average molecular weight is 569 g/mol. The molecule has 12 heteroatoms. The zero-order chi connectivity index (χ0) is 26.1. The summed E-state index contributed by atoms with van der Waals surface area (Å²) in [5.74, 6) is -0.341. The highest BCUT2D eigenvalue weighted by molar-refractivity contribution is 7.80. The molecule has 0 radical (unpaired) electrons. The molecular formula is C25H14Cl2N4O4S2. The lowest BCUT2D eigenvalue weighted by Gasteiger charge is -2.14. The van der Waals surface area contributed by atoms with E-state index in [4.69, 9.17) is 39.8 Å². The number of thiazole rings is 1. The molecule has 1 amide bonds. The van der Waals surface area contributed by atoms with Crippen LogP contribution in [-0.2, 0) is 0 Å². The van der Waals surface area contributed by atoms with E-state index in [2.05, 4.69) is 15.6 Å². The molecule has 0 saturated carbocycles. The van der Waals surface area contributed by atoms with E-state index in [1.54, 1.807) is 24.3 Å². The average Bonchev–Trinajstić information content (AvgIpc) is 3.53. The lowest BCUT2D eigenvalue weighted by Crippen LogP contribution is -2.34. The third-order valence-electron chi connectivity index (χ3n) is 5.22. The first-order valence-electron chi connectivity index (χ1n) is 10.6. The molecule has 2 aromatic heterocycles. The Morgan fingerprint density at radius 1 is 1.05 bits per heavy atom. The fraction of sp³-hybridized carbons (Fsp3) is 0. The van der Waals surface area contributed by atoms with Crippen molar-refractivity contribution in [2.24, 2.45) is 0 Å². The van der Waals surface area contributed by atoms with Crippen LogP contribution < -0.4 is 10.6 Å². The number of thiocarbonyl (C=S) groups is 1. The summed E-state index contributed by atoms with van der Waals surface area (Å²) in [6, 6.07) is 19.9. The Morgan fingerprint density at radius 2 is 1.86 bits per heavy atom. The van der Waals surface area contributed by atoms with Crippen LogP contribution in [0.15, 0.2) is 77.2 Å². The Bertz CT molecular complexity index is 1670. The maximum absolute atomic E-state index is 12.8. The maximum atomic E-state index is 12.8. The molecule has 8 nitrogen and oxygen atoms in total. The number of carbonyl (C=O) groups excluding carboxylic acids is 1. The number of amides is 1. The van der Waals surface area contributed by atoms with Gasteiger partial charge in [0.1, 0.15) is 10.8 Å². The predicted molar refractivity (Wildman–Crippen MR) is 150 cm³/mol. The molecule has 2 heterocycles. The van der Waals surface area contributed by atoms with E-state index in [1.165, 1.54) is 35.6 Å². The number of carbonyl (C=O) groups is 1. The first kappa shape index (κ1) is 24.8. The number of anilines is 1. The van der Waals surface area contributed by atoms with E-state index in [9.17, 15) is 14.9 Å². The second-order valence-corrected chi connectivity index (χ2v) is 9.96. The van der Waals surface area contributed by atoms with Gasteiger partial charge in [-0.05, 0) is 48.6 Å². The third-order valence-corrected chi connectivity index (χ3v) is 7.01. The molecule has 2 N–H and O–H groups in total. The van der Waals surface area contributed by atoms with Crippen LogP contribution in [-0.4, -0.2) is 20.9 Å². The summed E-state index contributed by atoms with van der Waals surface area (Å²) in [7, 11) is 0. The number of benzene rings is 3. The number of nitrogens with one attached hydrogen (secondary N) is 2. The summed E-state index contributed by atoms with van der Waals surface area (Å²) in [6.07, 6.45) is 0. The number of halogens is 2. The van der Waals surface area contributed by atoms with Gasteiger partial charge in [0.15, 0.2) is 10.9 Å². The van der Waals surface area contributed by atoms with Crippen LogP contribution in [0.1, 0.15) is 10.6 Å². The lowest BCUT2D eigenvalue weighted by molar-refractivity contribution is -0.384. The quantitative estimate of drug-likeness (QED) is 0.128. The fourth-order valence-corrected chi connectivity index (χ4v) is 5.28. The molecule has 3 aromatic carbocycles. The monoisotopic (exact) mass is 568 g/mol. The van der Waals surface area contributed by atoms with Gasteiger partial charge >= 0.3 is 0 Å². The van der Waals surface area contributed by atoms with Crippen molar-refractivity contribution in [2.75, 3.05) is 5.32 Å². The minimum Gasteiger partial charge on any atom is -0.451 e. The van der Waals surface area contributed by atoms with Crippen LogP contribution in [0.4, 0.5) is 11.4 Å². The molecule has 0 saturated heterocycles. The third kappa shape index (κ3) is 5.32. The van der Waals surface area contributed by atoms with Crippen molar-refractivity contribution in [3.63, 3.8) is 0 Å². The zero-order valence-corrected chi connectivity index (χ0v) is 21.7. The van der Waals surface area contributed by atoms with Crippen LogP contribution in [0, 0.1) is 10.1 Å². The summed E-state index contributed by atoms with van der Waals surface area (Å²) >= 11 is 19.6. The van der Waals surface area contributed by atoms with Gasteiger partial charge in [-0.25, -0.2) is 4.98 Å². The standard InChI is InChI=1S/C25H14Cl2N4O4S2/c26-14-11-16(24-28-18-6-1-2-7-21(18)37-24)22(17(27)12-14)29-25(36)30-23(32)20-9-8-19(35-20)13-4-3-5-15(10-13)31(33)34/h1-12H,(H2,29,30,32,36). The van der Waals surface area contributed by atoms with Crippen LogP contribution in [0.5, 0.6) is 0 Å². The van der Waals surface area contributed by atoms with Crippen molar-refractivity contribution in [3.8, 4) is 21.9 Å². The number of para-hydroxylation sites is 1. The van der Waals surface area contributed by atoms with Gasteiger partial charge in [-0.1, -0.05) is 47.5 Å². The predicted octanol–water partition coefficient (Wildman–Crippen LogP) is 7.57. The first-order chi connectivity index (χ1) is 17.8. The highest BCUT2D eigenvalue weighted by Crippen LogP contribution is 2.40. The van der Waals surface area contributed by atoms with Crippen LogP contribution in [0.3, 0.4) is 0 Å². The van der Waals surface area contributed by atoms with Crippen LogP contribution >= 0.6 is 46.8 Å². The first-order valence-corrected chi connectivity index (χ1v) is 12.6. The number of hydrogen-bond donors (Lipinski definition) is 2. The van der Waals surface area contributed by atoms with E-state index in [0.717, 1.165) is 10.2 Å². The van der Waals surface area contributed by atoms with E-state index >= 15 is 0 Å². The second-order valence-electron chi connectivity index (χ2n) is 7.68. The molecule has 0 fully saturated rings. The summed E-state index contributed by atoms with van der Waals surface area (Å²) in [5, 5.41) is 17.9. The van der Waals surface area contributed by atoms with Crippen LogP contribution in [0.25, 0.3) is 32.1 Å². The topological polar surface area (TPSA) is 110 Å². The van der Waals surface area contributed by atoms with Gasteiger partial charge in [0.25, 0.3) is 11.6 Å². The van der Waals surface area contributed by atoms with E-state index in [0.29, 0.717) is 37.6 Å². The largest absolute Gasteiger partial charge is 0.451 e. The van der Waals surface area contributed by atoms with Gasteiger partial charge < -0.3 is 9.73 Å². The summed E-state index contributed by atoms with van der Waals surface area (Å²) in [6.45, 7) is 0. The Balaban J connectivity index is 1.36. The Hall–Kier alpha value is -3.83. The molecule has 0 aliphatic carbocycles. The smallest absolute Gasteiger partial charge is 0.293 e. The molecule has 0 atom stereocenters. The molecule has 0 spiro atoms. The molecule has 5 rings (SSSR count). The van der Waals surface area contributed by atoms with Gasteiger partial charge in [-0.3, -0.25) is 20.2 Å². The number of nitro groups is 1. The second kappa shape index (κ2) is 10.3. The maximum Gasteiger partial charge on any atom is 0.293 e. The van der Waals surface area contributed by atoms with E-state index in [1.807, 2.05) is 24.3 Å². The minimum atomic E-state index is -0.610. The highest BCUT2D eigenvalue weighted by atomic mass is 35.5. The molecular weight excluding hydrogens is 555 g/mol. The number of nitro benzene ring substituents is 1. The number of aromatic nitrogens is 1. The molecule has 0 aliphatic rings. The zero-order valence-electron chi connectivity index (χ0n) is 18.5. The van der Waals surface area contributed by atoms with Crippen molar-refractivity contribution in [3.05, 3.63) is 98.7 Å². The minimum absolute atomic E-state index is 0.0233. The van der Waals surface area contributed by atoms with Gasteiger partial charge in [-0.15, -0.1) is 11.3 Å². The molecule has 5 aromatic rings. The van der Waals surface area contributed by atoms with Crippen molar-refractivity contribution in [1.29, 1.82) is 0 Å². The summed E-state index contributed by atoms with van der Waals surface area (Å²) in [4.78, 5) is 28.0. The summed E-state index contributed by atoms with van der Waals surface area (Å²) < 4.78 is 6.60. The fourth-order valence-electron chi connectivity index (χ4n) is 3.55. The van der Waals surface area contributed by atoms with Crippen molar-refractivity contribution < 1.29 is 14.1 Å². The SMILES string of the molecule is O=C(NC(=S)Nc1c(Cl)cc(Cl)cc1-c1nc2ccccc2s1)c1ccc(-c2cccc([N+](=O)[O-])c2)o1. The molecule has 184 valence electrons. The number of furan rings is 1. The van der Waals surface area contributed by atoms with Gasteiger partial charge in [0, 0.05) is 28.3 Å². The Labute approximate surface area is 229 Å². The molecule has 0 unspecified atom stereocenters. The van der Waals surface area contributed by atoms with E-state index in [-0.39, 0.29) is 16.6 Å². The van der Waals surface area contributed by atoms with Gasteiger partial charge in [-0.2, -0.15) is 0 Å². The molecule has 0 aliphatic heterocycles. The number of non-ortho nitro benzene ring substituents is 1. The number of nitrogens with zero attached hydrogens (tertiary/aromatic N) is 2. The number of hydrogen-bond acceptors (Lipinski definition) is 7. The Kier molecular flexibility index (Phi) is 6.90.